The molecule has 102 valence electrons. The summed E-state index contributed by atoms with van der Waals surface area (Å²) in [5.74, 6) is 0.987. The van der Waals surface area contributed by atoms with E-state index in [9.17, 15) is 0 Å². The van der Waals surface area contributed by atoms with Crippen LogP contribution in [0.3, 0.4) is 0 Å². The highest BCUT2D eigenvalue weighted by Crippen LogP contribution is 2.12. The summed E-state index contributed by atoms with van der Waals surface area (Å²) in [6.45, 7) is 1.70. The molecule has 0 spiro atoms. The molecule has 1 aromatic carbocycles. The summed E-state index contributed by atoms with van der Waals surface area (Å²) in [5.41, 5.74) is 2.35. The Kier molecular flexibility index (Phi) is 3.65. The summed E-state index contributed by atoms with van der Waals surface area (Å²) in [4.78, 5) is 2.22. The minimum atomic E-state index is 0.813. The van der Waals surface area contributed by atoms with E-state index >= 15 is 0 Å². The van der Waals surface area contributed by atoms with Crippen LogP contribution in [0.1, 0.15) is 11.3 Å². The normalized spacial score (nSPS) is 11.1. The highest BCUT2D eigenvalue weighted by Gasteiger charge is 2.04. The van der Waals surface area contributed by atoms with Gasteiger partial charge in [-0.3, -0.25) is 4.90 Å². The van der Waals surface area contributed by atoms with Crippen molar-refractivity contribution in [2.75, 3.05) is 7.05 Å². The van der Waals surface area contributed by atoms with Crippen molar-refractivity contribution in [2.45, 2.75) is 13.1 Å². The Bertz CT molecular complexity index is 627. The average molecular weight is 267 g/mol. The van der Waals surface area contributed by atoms with Crippen LogP contribution >= 0.6 is 0 Å². The number of furan rings is 1. The van der Waals surface area contributed by atoms with Crippen LogP contribution in [0.4, 0.5) is 0 Å². The van der Waals surface area contributed by atoms with E-state index < -0.39 is 0 Å². The molecule has 4 heteroatoms. The Morgan fingerprint density at radius 2 is 1.95 bits per heavy atom. The van der Waals surface area contributed by atoms with Crippen LogP contribution in [0.25, 0.3) is 5.69 Å². The quantitative estimate of drug-likeness (QED) is 0.712. The third-order valence-electron chi connectivity index (χ3n) is 3.16. The Morgan fingerprint density at radius 1 is 1.10 bits per heavy atom. The lowest BCUT2D eigenvalue weighted by atomic mass is 10.2. The first-order valence-corrected chi connectivity index (χ1v) is 6.61. The molecule has 3 rings (SSSR count). The van der Waals surface area contributed by atoms with Crippen LogP contribution in [-0.2, 0) is 13.1 Å². The molecule has 20 heavy (non-hydrogen) atoms. The largest absolute Gasteiger partial charge is 0.468 e. The fraction of sp³-hybridized carbons (Fsp3) is 0.188. The van der Waals surface area contributed by atoms with E-state index in [2.05, 4.69) is 41.3 Å². The molecule has 0 bridgehead atoms. The van der Waals surface area contributed by atoms with Gasteiger partial charge in [-0.1, -0.05) is 12.1 Å². The van der Waals surface area contributed by atoms with E-state index in [0.717, 1.165) is 24.5 Å². The van der Waals surface area contributed by atoms with Gasteiger partial charge in [0.2, 0.25) is 0 Å². The molecule has 4 nitrogen and oxygen atoms in total. The zero-order chi connectivity index (χ0) is 13.8. The van der Waals surface area contributed by atoms with Gasteiger partial charge in [0.25, 0.3) is 0 Å². The second kappa shape index (κ2) is 5.75. The topological polar surface area (TPSA) is 34.2 Å². The molecule has 0 atom stereocenters. The van der Waals surface area contributed by atoms with Crippen LogP contribution in [0.2, 0.25) is 0 Å². The highest BCUT2D eigenvalue weighted by molar-refractivity contribution is 5.33. The van der Waals surface area contributed by atoms with Gasteiger partial charge >= 0.3 is 0 Å². The third-order valence-corrected chi connectivity index (χ3v) is 3.16. The molecular formula is C16H17N3O. The molecule has 0 unspecified atom stereocenters. The summed E-state index contributed by atoms with van der Waals surface area (Å²) in [6, 6.07) is 14.3. The highest BCUT2D eigenvalue weighted by atomic mass is 16.3. The Morgan fingerprint density at radius 3 is 2.60 bits per heavy atom. The lowest BCUT2D eigenvalue weighted by Gasteiger charge is -2.15. The van der Waals surface area contributed by atoms with Crippen molar-refractivity contribution >= 4 is 0 Å². The second-order valence-corrected chi connectivity index (χ2v) is 4.87. The number of hydrogen-bond donors (Lipinski definition) is 0. The molecule has 0 aliphatic rings. The van der Waals surface area contributed by atoms with Gasteiger partial charge in [0.05, 0.1) is 18.5 Å². The molecule has 0 saturated carbocycles. The van der Waals surface area contributed by atoms with Gasteiger partial charge in [-0.25, -0.2) is 4.68 Å². The monoisotopic (exact) mass is 267 g/mol. The maximum atomic E-state index is 5.36. The molecule has 0 N–H and O–H groups in total. The fourth-order valence-corrected chi connectivity index (χ4v) is 2.21. The first kappa shape index (κ1) is 12.7. The smallest absolute Gasteiger partial charge is 0.117 e. The van der Waals surface area contributed by atoms with Gasteiger partial charge in [-0.2, -0.15) is 5.10 Å². The first-order chi connectivity index (χ1) is 9.81. The molecule has 0 saturated heterocycles. The molecule has 2 heterocycles. The van der Waals surface area contributed by atoms with E-state index in [1.807, 2.05) is 29.1 Å². The summed E-state index contributed by atoms with van der Waals surface area (Å²) >= 11 is 0. The zero-order valence-electron chi connectivity index (χ0n) is 11.4. The van der Waals surface area contributed by atoms with Crippen LogP contribution in [0.5, 0.6) is 0 Å². The van der Waals surface area contributed by atoms with Crippen molar-refractivity contribution in [1.29, 1.82) is 0 Å². The summed E-state index contributed by atoms with van der Waals surface area (Å²) in [6.07, 6.45) is 5.44. The van der Waals surface area contributed by atoms with Crippen LogP contribution in [0.15, 0.2) is 65.5 Å². The number of nitrogens with zero attached hydrogens (tertiary/aromatic N) is 3. The third kappa shape index (κ3) is 2.97. The number of aromatic nitrogens is 2. The SMILES string of the molecule is CN(Cc1ccc(-n2cccn2)cc1)Cc1ccco1. The van der Waals surface area contributed by atoms with Gasteiger partial charge < -0.3 is 4.42 Å². The first-order valence-electron chi connectivity index (χ1n) is 6.61. The van der Waals surface area contributed by atoms with Crippen LogP contribution in [-0.4, -0.2) is 21.7 Å². The Labute approximate surface area is 118 Å². The molecule has 2 aromatic heterocycles. The van der Waals surface area contributed by atoms with Crippen molar-refractivity contribution in [3.63, 3.8) is 0 Å². The molecule has 0 aliphatic carbocycles. The summed E-state index contributed by atoms with van der Waals surface area (Å²) in [5, 5.41) is 4.22. The standard InChI is InChI=1S/C16H17N3O/c1-18(13-16-4-2-11-20-16)12-14-5-7-15(8-6-14)19-10-3-9-17-19/h2-11H,12-13H2,1H3. The summed E-state index contributed by atoms with van der Waals surface area (Å²) in [7, 11) is 2.09. The molecule has 3 aromatic rings. The van der Waals surface area contributed by atoms with Crippen LogP contribution < -0.4 is 0 Å². The Hall–Kier alpha value is -2.33. The lowest BCUT2D eigenvalue weighted by Crippen LogP contribution is -2.16. The van der Waals surface area contributed by atoms with Crippen molar-refractivity contribution in [1.82, 2.24) is 14.7 Å². The maximum absolute atomic E-state index is 5.36. The van der Waals surface area contributed by atoms with E-state index in [1.54, 1.807) is 12.5 Å². The molecule has 0 aliphatic heterocycles. The molecule has 0 fully saturated rings. The predicted octanol–water partition coefficient (Wildman–Crippen LogP) is 3.10. The summed E-state index contributed by atoms with van der Waals surface area (Å²) < 4.78 is 7.21. The van der Waals surface area contributed by atoms with E-state index in [-0.39, 0.29) is 0 Å². The van der Waals surface area contributed by atoms with Crippen molar-refractivity contribution in [2.24, 2.45) is 0 Å². The van der Waals surface area contributed by atoms with Gasteiger partial charge in [0.15, 0.2) is 0 Å². The molecule has 0 radical (unpaired) electrons. The number of hydrogen-bond acceptors (Lipinski definition) is 3. The molecule has 0 amide bonds. The van der Waals surface area contributed by atoms with Gasteiger partial charge in [-0.05, 0) is 42.9 Å². The maximum Gasteiger partial charge on any atom is 0.117 e. The average Bonchev–Trinajstić information content (AvgIpc) is 3.12. The van der Waals surface area contributed by atoms with E-state index in [1.165, 1.54) is 5.56 Å². The number of benzene rings is 1. The Balaban J connectivity index is 1.63. The minimum Gasteiger partial charge on any atom is -0.468 e. The van der Waals surface area contributed by atoms with Gasteiger partial charge in [0, 0.05) is 18.9 Å². The van der Waals surface area contributed by atoms with E-state index in [4.69, 9.17) is 4.42 Å². The van der Waals surface area contributed by atoms with Gasteiger partial charge in [0.1, 0.15) is 5.76 Å². The lowest BCUT2D eigenvalue weighted by molar-refractivity contribution is 0.288. The second-order valence-electron chi connectivity index (χ2n) is 4.87. The van der Waals surface area contributed by atoms with Crippen molar-refractivity contribution < 1.29 is 4.42 Å². The van der Waals surface area contributed by atoms with Crippen molar-refractivity contribution in [3.05, 3.63) is 72.4 Å². The molecular weight excluding hydrogens is 250 g/mol. The minimum absolute atomic E-state index is 0.813. The predicted molar refractivity (Wildman–Crippen MR) is 77.4 cm³/mol. The van der Waals surface area contributed by atoms with E-state index in [0.29, 0.717) is 0 Å². The fourth-order valence-electron chi connectivity index (χ4n) is 2.21. The zero-order valence-corrected chi connectivity index (χ0v) is 11.4. The van der Waals surface area contributed by atoms with Crippen molar-refractivity contribution in [3.8, 4) is 5.69 Å². The van der Waals surface area contributed by atoms with Gasteiger partial charge in [-0.15, -0.1) is 0 Å². The number of rotatable bonds is 5. The van der Waals surface area contributed by atoms with Crippen LogP contribution in [0, 0.1) is 0 Å².